The third kappa shape index (κ3) is 7.63. The van der Waals surface area contributed by atoms with Crippen LogP contribution in [-0.4, -0.2) is 24.8 Å². The van der Waals surface area contributed by atoms with Crippen LogP contribution in [0.4, 0.5) is 4.39 Å². The van der Waals surface area contributed by atoms with Crippen molar-refractivity contribution in [3.8, 4) is 22.6 Å². The van der Waals surface area contributed by atoms with Crippen LogP contribution in [-0.2, 0) is 16.1 Å². The predicted octanol–water partition coefficient (Wildman–Crippen LogP) is 8.00. The summed E-state index contributed by atoms with van der Waals surface area (Å²) in [6, 6.07) is 18.2. The minimum absolute atomic E-state index is 0.0979. The van der Waals surface area contributed by atoms with Crippen LogP contribution in [0.15, 0.2) is 60.7 Å². The number of carbonyl (C=O) groups excluding carboxylic acids is 1. The highest BCUT2D eigenvalue weighted by atomic mass is 19.1. The smallest absolute Gasteiger partial charge is 0.306 e. The van der Waals surface area contributed by atoms with Crippen LogP contribution in [0.5, 0.6) is 11.5 Å². The van der Waals surface area contributed by atoms with Crippen LogP contribution in [0, 0.1) is 17.2 Å². The monoisotopic (exact) mass is 548 g/mol. The standard InChI is InChI=1S/C34H41FO5/c1-6-39-32(36)19-25(16-22-10-11-22)24-8-7-9-27(18-24)40-21-23-12-14-28(30(17-23)33(37)34(2,3)4)29-20-26(38-5)13-15-31(29)35/h7-9,12-15,17-18,20,22,25,33,37H,6,10-11,16,19,21H2,1-5H3/t25-,33+/m1/s1. The Morgan fingerprint density at radius 1 is 1.02 bits per heavy atom. The number of halogens is 1. The molecule has 4 rings (SSSR count). The second-order valence-electron chi connectivity index (χ2n) is 11.8. The highest BCUT2D eigenvalue weighted by molar-refractivity contribution is 5.71. The van der Waals surface area contributed by atoms with Crippen LogP contribution in [0.2, 0.25) is 0 Å². The molecule has 0 aliphatic heterocycles. The van der Waals surface area contributed by atoms with Crippen LogP contribution >= 0.6 is 0 Å². The number of aliphatic hydroxyl groups excluding tert-OH is 1. The van der Waals surface area contributed by atoms with Crippen molar-refractivity contribution in [2.24, 2.45) is 11.3 Å². The Hall–Kier alpha value is -3.38. The number of carbonyl (C=O) groups is 1. The maximum absolute atomic E-state index is 14.9. The molecular weight excluding hydrogens is 507 g/mol. The molecule has 2 atom stereocenters. The fourth-order valence-corrected chi connectivity index (χ4v) is 5.02. The summed E-state index contributed by atoms with van der Waals surface area (Å²) >= 11 is 0. The first-order valence-corrected chi connectivity index (χ1v) is 14.1. The SMILES string of the molecule is CCOC(=O)C[C@@H](CC1CC1)c1cccc(OCc2ccc(-c3cc(OC)ccc3F)c([C@H](O)C(C)(C)C)c2)c1. The predicted molar refractivity (Wildman–Crippen MR) is 155 cm³/mol. The Morgan fingerprint density at radius 3 is 2.48 bits per heavy atom. The summed E-state index contributed by atoms with van der Waals surface area (Å²) in [6.45, 7) is 8.34. The van der Waals surface area contributed by atoms with E-state index in [-0.39, 0.29) is 24.3 Å². The Kier molecular flexibility index (Phi) is 9.52. The van der Waals surface area contributed by atoms with E-state index in [4.69, 9.17) is 14.2 Å². The average molecular weight is 549 g/mol. The van der Waals surface area contributed by atoms with E-state index in [1.54, 1.807) is 19.2 Å². The van der Waals surface area contributed by atoms with E-state index in [1.807, 2.05) is 64.1 Å². The van der Waals surface area contributed by atoms with Gasteiger partial charge in [-0.25, -0.2) is 4.39 Å². The van der Waals surface area contributed by atoms with Gasteiger partial charge in [0.05, 0.1) is 26.2 Å². The second kappa shape index (κ2) is 12.9. The Morgan fingerprint density at radius 2 is 1.80 bits per heavy atom. The van der Waals surface area contributed by atoms with Crippen molar-refractivity contribution >= 4 is 5.97 Å². The fourth-order valence-electron chi connectivity index (χ4n) is 5.02. The van der Waals surface area contributed by atoms with Gasteiger partial charge in [0.2, 0.25) is 0 Å². The van der Waals surface area contributed by atoms with Crippen molar-refractivity contribution in [1.29, 1.82) is 0 Å². The van der Waals surface area contributed by atoms with E-state index < -0.39 is 11.5 Å². The van der Waals surface area contributed by atoms with Crippen LogP contribution in [0.25, 0.3) is 11.1 Å². The van der Waals surface area contributed by atoms with Crippen LogP contribution < -0.4 is 9.47 Å². The van der Waals surface area contributed by atoms with Gasteiger partial charge < -0.3 is 19.3 Å². The maximum atomic E-state index is 14.9. The molecule has 1 aliphatic carbocycles. The molecular formula is C34H41FO5. The molecule has 0 unspecified atom stereocenters. The lowest BCUT2D eigenvalue weighted by Crippen LogP contribution is -2.19. The summed E-state index contributed by atoms with van der Waals surface area (Å²) < 4.78 is 31.7. The van der Waals surface area contributed by atoms with E-state index in [2.05, 4.69) is 6.07 Å². The summed E-state index contributed by atoms with van der Waals surface area (Å²) in [6.07, 6.45) is 2.94. The summed E-state index contributed by atoms with van der Waals surface area (Å²) in [7, 11) is 1.54. The Labute approximate surface area is 237 Å². The zero-order valence-electron chi connectivity index (χ0n) is 24.2. The fraction of sp³-hybridized carbons (Fsp3) is 0.441. The van der Waals surface area contributed by atoms with Crippen molar-refractivity contribution in [3.05, 3.63) is 83.2 Å². The number of hydrogen-bond donors (Lipinski definition) is 1. The number of rotatable bonds is 12. The first-order valence-electron chi connectivity index (χ1n) is 14.1. The largest absolute Gasteiger partial charge is 0.497 e. The Bertz CT molecular complexity index is 1310. The van der Waals surface area contributed by atoms with Gasteiger partial charge >= 0.3 is 5.97 Å². The van der Waals surface area contributed by atoms with Crippen molar-refractivity contribution in [3.63, 3.8) is 0 Å². The van der Waals surface area contributed by atoms with Gasteiger partial charge in [-0.3, -0.25) is 4.79 Å². The molecule has 0 aromatic heterocycles. The summed E-state index contributed by atoms with van der Waals surface area (Å²) in [5.41, 5.74) is 3.09. The number of methoxy groups -OCH3 is 1. The average Bonchev–Trinajstić information content (AvgIpc) is 3.75. The number of ether oxygens (including phenoxy) is 3. The summed E-state index contributed by atoms with van der Waals surface area (Å²) in [5.74, 6) is 1.47. The molecule has 1 saturated carbocycles. The van der Waals surface area contributed by atoms with Crippen LogP contribution in [0.1, 0.15) is 82.1 Å². The number of aliphatic hydroxyl groups is 1. The lowest BCUT2D eigenvalue weighted by molar-refractivity contribution is -0.143. The molecule has 0 heterocycles. The van der Waals surface area contributed by atoms with Crippen LogP contribution in [0.3, 0.4) is 0 Å². The quantitative estimate of drug-likeness (QED) is 0.232. The normalized spacial score (nSPS) is 14.9. The molecule has 3 aromatic rings. The molecule has 1 N–H and O–H groups in total. The first kappa shape index (κ1) is 29.6. The second-order valence-corrected chi connectivity index (χ2v) is 11.8. The third-order valence-corrected chi connectivity index (χ3v) is 7.46. The molecule has 40 heavy (non-hydrogen) atoms. The van der Waals surface area contributed by atoms with E-state index in [0.717, 1.165) is 17.5 Å². The van der Waals surface area contributed by atoms with Gasteiger partial charge in [-0.1, -0.05) is 57.9 Å². The maximum Gasteiger partial charge on any atom is 0.306 e. The molecule has 3 aromatic carbocycles. The minimum atomic E-state index is -0.831. The van der Waals surface area contributed by atoms with Crippen molar-refractivity contribution < 1.29 is 28.5 Å². The van der Waals surface area contributed by atoms with E-state index in [9.17, 15) is 14.3 Å². The molecule has 0 spiro atoms. The van der Waals surface area contributed by atoms with Gasteiger partial charge in [-0.2, -0.15) is 0 Å². The molecule has 5 nitrogen and oxygen atoms in total. The number of benzene rings is 3. The zero-order valence-corrected chi connectivity index (χ0v) is 24.2. The summed E-state index contributed by atoms with van der Waals surface area (Å²) in [5, 5.41) is 11.3. The lowest BCUT2D eigenvalue weighted by Gasteiger charge is -2.28. The van der Waals surface area contributed by atoms with E-state index in [1.165, 1.54) is 18.9 Å². The lowest BCUT2D eigenvalue weighted by atomic mass is 9.81. The minimum Gasteiger partial charge on any atom is -0.497 e. The van der Waals surface area contributed by atoms with Gasteiger partial charge in [0.15, 0.2) is 0 Å². The number of esters is 1. The van der Waals surface area contributed by atoms with Crippen molar-refractivity contribution in [2.45, 2.75) is 72.0 Å². The van der Waals surface area contributed by atoms with Gasteiger partial charge in [0, 0.05) is 5.56 Å². The van der Waals surface area contributed by atoms with Crippen molar-refractivity contribution in [2.75, 3.05) is 13.7 Å². The van der Waals surface area contributed by atoms with Gasteiger partial charge in [-0.05, 0) is 89.2 Å². The third-order valence-electron chi connectivity index (χ3n) is 7.46. The van der Waals surface area contributed by atoms with E-state index in [0.29, 0.717) is 47.1 Å². The van der Waals surface area contributed by atoms with E-state index >= 15 is 0 Å². The molecule has 6 heteroatoms. The highest BCUT2D eigenvalue weighted by Crippen LogP contribution is 2.42. The zero-order chi connectivity index (χ0) is 28.9. The molecule has 1 aliphatic rings. The van der Waals surface area contributed by atoms with Gasteiger partial charge in [0.1, 0.15) is 23.9 Å². The highest BCUT2D eigenvalue weighted by Gasteiger charge is 2.29. The molecule has 0 amide bonds. The molecule has 0 bridgehead atoms. The Balaban J connectivity index is 1.58. The van der Waals surface area contributed by atoms with Crippen molar-refractivity contribution in [1.82, 2.24) is 0 Å². The topological polar surface area (TPSA) is 65.0 Å². The number of hydrogen-bond acceptors (Lipinski definition) is 5. The first-order chi connectivity index (χ1) is 19.1. The van der Waals surface area contributed by atoms with Gasteiger partial charge in [0.25, 0.3) is 0 Å². The molecule has 0 radical (unpaired) electrons. The summed E-state index contributed by atoms with van der Waals surface area (Å²) in [4.78, 5) is 12.3. The molecule has 1 fully saturated rings. The molecule has 214 valence electrons. The van der Waals surface area contributed by atoms with Gasteiger partial charge in [-0.15, -0.1) is 0 Å². The molecule has 0 saturated heterocycles.